The monoisotopic (exact) mass is 127 g/mol. The molecule has 9 heavy (non-hydrogen) atoms. The highest BCUT2D eigenvalue weighted by Crippen LogP contribution is 2.19. The fraction of sp³-hybridized carbons (Fsp3) is 1.00. The van der Waals surface area contributed by atoms with E-state index in [0.717, 1.165) is 0 Å². The summed E-state index contributed by atoms with van der Waals surface area (Å²) in [7, 11) is 0. The van der Waals surface area contributed by atoms with Crippen molar-refractivity contribution in [3.8, 4) is 0 Å². The van der Waals surface area contributed by atoms with Crippen molar-refractivity contribution in [2.75, 3.05) is 26.2 Å². The molecule has 2 rings (SSSR count). The Morgan fingerprint density at radius 1 is 0.889 bits per heavy atom. The lowest BCUT2D eigenvalue weighted by atomic mass is 10.4. The third-order valence-electron chi connectivity index (χ3n) is 2.63. The van der Waals surface area contributed by atoms with Gasteiger partial charge >= 0.3 is 0 Å². The van der Waals surface area contributed by atoms with Gasteiger partial charge in [-0.25, -0.2) is 4.59 Å². The first kappa shape index (κ1) is 5.69. The molecule has 0 aliphatic carbocycles. The molecule has 2 aliphatic heterocycles. The molecule has 0 aromatic rings. The molecular formula is C7H15N2+. The second-order valence-electron chi connectivity index (χ2n) is 3.28. The van der Waals surface area contributed by atoms with Crippen LogP contribution in [-0.4, -0.2) is 30.8 Å². The number of rotatable bonds is 0. The molecule has 0 aromatic heterocycles. The van der Waals surface area contributed by atoms with Crippen molar-refractivity contribution < 1.29 is 4.59 Å². The number of nitrogens with one attached hydrogen (secondary N) is 1. The van der Waals surface area contributed by atoms with Crippen LogP contribution in [-0.2, 0) is 0 Å². The van der Waals surface area contributed by atoms with E-state index in [0.29, 0.717) is 0 Å². The molecule has 2 fully saturated rings. The molecular weight excluding hydrogens is 112 g/mol. The average Bonchev–Trinajstić information content (AvgIpc) is 2.45. The first-order valence-electron chi connectivity index (χ1n) is 4.03. The lowest BCUT2D eigenvalue weighted by Gasteiger charge is -2.26. The minimum Gasteiger partial charge on any atom is -0.246 e. The Bertz CT molecular complexity index is 82.0. The maximum atomic E-state index is 3.57. The van der Waals surface area contributed by atoms with Gasteiger partial charge in [0.05, 0.1) is 19.6 Å². The van der Waals surface area contributed by atoms with E-state index < -0.39 is 0 Å². The van der Waals surface area contributed by atoms with E-state index in [2.05, 4.69) is 5.43 Å². The van der Waals surface area contributed by atoms with Gasteiger partial charge < -0.3 is 0 Å². The molecule has 0 amide bonds. The van der Waals surface area contributed by atoms with Gasteiger partial charge in [-0.15, -0.1) is 0 Å². The van der Waals surface area contributed by atoms with Gasteiger partial charge in [0.2, 0.25) is 0 Å². The SMILES string of the molecule is C1CC[N+]2(C1)CCCN2. The van der Waals surface area contributed by atoms with Gasteiger partial charge in [0.1, 0.15) is 0 Å². The van der Waals surface area contributed by atoms with E-state index in [9.17, 15) is 0 Å². The lowest BCUT2D eigenvalue weighted by Crippen LogP contribution is -2.50. The standard InChI is InChI=1S/C7H15N2/c1-2-6-9(5-1)7-3-4-8-9/h8H,1-7H2/q+1. The summed E-state index contributed by atoms with van der Waals surface area (Å²) in [6, 6.07) is 0. The molecule has 52 valence electrons. The molecule has 2 heterocycles. The smallest absolute Gasteiger partial charge is 0.0976 e. The Labute approximate surface area is 56.4 Å². The van der Waals surface area contributed by atoms with Crippen LogP contribution in [0.15, 0.2) is 0 Å². The van der Waals surface area contributed by atoms with Gasteiger partial charge in [-0.2, -0.15) is 5.43 Å². The highest BCUT2D eigenvalue weighted by atomic mass is 15.7. The summed E-state index contributed by atoms with van der Waals surface area (Å²) < 4.78 is 1.25. The van der Waals surface area contributed by atoms with Gasteiger partial charge in [0, 0.05) is 25.8 Å². The zero-order valence-electron chi connectivity index (χ0n) is 5.90. The number of nitrogens with zero attached hydrogens (tertiary/aromatic N) is 1. The number of hydrogen-bond acceptors (Lipinski definition) is 1. The van der Waals surface area contributed by atoms with Crippen molar-refractivity contribution in [1.29, 1.82) is 0 Å². The first-order chi connectivity index (χ1) is 4.41. The topological polar surface area (TPSA) is 12.0 Å². The van der Waals surface area contributed by atoms with Crippen molar-refractivity contribution >= 4 is 0 Å². The Balaban J connectivity index is 2.04. The predicted octanol–water partition coefficient (Wildman–Crippen LogP) is 0.505. The van der Waals surface area contributed by atoms with Gasteiger partial charge in [-0.05, 0) is 0 Å². The molecule has 2 aliphatic rings. The van der Waals surface area contributed by atoms with Crippen molar-refractivity contribution in [2.45, 2.75) is 19.3 Å². The molecule has 0 saturated carbocycles. The summed E-state index contributed by atoms with van der Waals surface area (Å²) in [4.78, 5) is 0. The summed E-state index contributed by atoms with van der Waals surface area (Å²) in [5, 5.41) is 0. The second-order valence-corrected chi connectivity index (χ2v) is 3.28. The van der Waals surface area contributed by atoms with Crippen molar-refractivity contribution in [1.82, 2.24) is 5.43 Å². The molecule has 2 nitrogen and oxygen atoms in total. The van der Waals surface area contributed by atoms with E-state index in [-0.39, 0.29) is 0 Å². The third-order valence-corrected chi connectivity index (χ3v) is 2.63. The fourth-order valence-corrected chi connectivity index (χ4v) is 2.10. The molecule has 0 radical (unpaired) electrons. The normalized spacial score (nSPS) is 32.0. The largest absolute Gasteiger partial charge is 0.246 e. The first-order valence-corrected chi connectivity index (χ1v) is 4.03. The maximum Gasteiger partial charge on any atom is 0.0976 e. The highest BCUT2D eigenvalue weighted by molar-refractivity contribution is 4.57. The second kappa shape index (κ2) is 1.96. The minimum atomic E-state index is 1.25. The van der Waals surface area contributed by atoms with Crippen LogP contribution >= 0.6 is 0 Å². The predicted molar refractivity (Wildman–Crippen MR) is 36.7 cm³/mol. The zero-order chi connectivity index (χ0) is 6.16. The van der Waals surface area contributed by atoms with Gasteiger partial charge in [-0.3, -0.25) is 0 Å². The summed E-state index contributed by atoms with van der Waals surface area (Å²) in [5.74, 6) is 0. The summed E-state index contributed by atoms with van der Waals surface area (Å²) >= 11 is 0. The van der Waals surface area contributed by atoms with Gasteiger partial charge in [-0.1, -0.05) is 0 Å². The molecule has 0 atom stereocenters. The average molecular weight is 127 g/mol. The van der Waals surface area contributed by atoms with Crippen LogP contribution in [0.3, 0.4) is 0 Å². The van der Waals surface area contributed by atoms with E-state index in [4.69, 9.17) is 0 Å². The van der Waals surface area contributed by atoms with Crippen molar-refractivity contribution in [3.05, 3.63) is 0 Å². The molecule has 1 N–H and O–H groups in total. The molecule has 2 heteroatoms. The van der Waals surface area contributed by atoms with Crippen LogP contribution in [0.1, 0.15) is 19.3 Å². The molecule has 0 aromatic carbocycles. The number of hydrogen-bond donors (Lipinski definition) is 1. The summed E-state index contributed by atoms with van der Waals surface area (Å²) in [6.07, 6.45) is 4.26. The quantitative estimate of drug-likeness (QED) is 0.467. The molecule has 1 spiro atoms. The Morgan fingerprint density at radius 3 is 2.11 bits per heavy atom. The molecule has 0 bridgehead atoms. The van der Waals surface area contributed by atoms with E-state index in [1.807, 2.05) is 0 Å². The zero-order valence-corrected chi connectivity index (χ0v) is 5.90. The van der Waals surface area contributed by atoms with Crippen molar-refractivity contribution in [2.24, 2.45) is 0 Å². The van der Waals surface area contributed by atoms with Crippen LogP contribution in [0.2, 0.25) is 0 Å². The summed E-state index contributed by atoms with van der Waals surface area (Å²) in [6.45, 7) is 5.42. The Kier molecular flexibility index (Phi) is 1.24. The van der Waals surface area contributed by atoms with E-state index in [1.165, 1.54) is 50.0 Å². The molecule has 2 saturated heterocycles. The highest BCUT2D eigenvalue weighted by Gasteiger charge is 2.35. The maximum absolute atomic E-state index is 3.57. The Hall–Kier alpha value is -0.0800. The van der Waals surface area contributed by atoms with Crippen LogP contribution in [0.25, 0.3) is 0 Å². The fourth-order valence-electron chi connectivity index (χ4n) is 2.10. The number of quaternary nitrogens is 1. The minimum absolute atomic E-state index is 1.25. The van der Waals surface area contributed by atoms with Crippen molar-refractivity contribution in [3.63, 3.8) is 0 Å². The molecule has 0 unspecified atom stereocenters. The van der Waals surface area contributed by atoms with E-state index in [1.54, 1.807) is 0 Å². The lowest BCUT2D eigenvalue weighted by molar-refractivity contribution is -0.946. The van der Waals surface area contributed by atoms with Crippen LogP contribution in [0.4, 0.5) is 0 Å². The van der Waals surface area contributed by atoms with Crippen LogP contribution in [0.5, 0.6) is 0 Å². The van der Waals surface area contributed by atoms with Crippen LogP contribution in [0, 0.1) is 0 Å². The van der Waals surface area contributed by atoms with Crippen LogP contribution < -0.4 is 5.43 Å². The van der Waals surface area contributed by atoms with Gasteiger partial charge in [0.25, 0.3) is 0 Å². The Morgan fingerprint density at radius 2 is 1.56 bits per heavy atom. The van der Waals surface area contributed by atoms with Gasteiger partial charge in [0.15, 0.2) is 0 Å². The summed E-state index contributed by atoms with van der Waals surface area (Å²) in [5.41, 5.74) is 3.57. The van der Waals surface area contributed by atoms with E-state index >= 15 is 0 Å². The third kappa shape index (κ3) is 0.864.